The summed E-state index contributed by atoms with van der Waals surface area (Å²) < 4.78 is 13.2. The van der Waals surface area contributed by atoms with E-state index in [1.54, 1.807) is 13.0 Å². The Morgan fingerprint density at radius 2 is 2.15 bits per heavy atom. The molecule has 2 heteroatoms. The minimum atomic E-state index is -0.360. The molecule has 1 aromatic carbocycles. The van der Waals surface area contributed by atoms with E-state index in [-0.39, 0.29) is 11.9 Å². The van der Waals surface area contributed by atoms with Gasteiger partial charge in [-0.25, -0.2) is 4.39 Å². The van der Waals surface area contributed by atoms with Crippen LogP contribution in [0.25, 0.3) is 0 Å². The predicted octanol–water partition coefficient (Wildman–Crippen LogP) is 2.45. The maximum absolute atomic E-state index is 13.2. The second-order valence-electron chi connectivity index (χ2n) is 3.48. The molecule has 0 heterocycles. The highest BCUT2D eigenvalue weighted by atomic mass is 19.1. The van der Waals surface area contributed by atoms with Crippen molar-refractivity contribution in [1.82, 2.24) is 0 Å². The van der Waals surface area contributed by atoms with Crippen molar-refractivity contribution in [3.63, 3.8) is 0 Å². The van der Waals surface area contributed by atoms with Crippen molar-refractivity contribution in [3.8, 4) is 0 Å². The quantitative estimate of drug-likeness (QED) is 0.761. The average molecular weight is 182 g/mol. The molecule has 1 unspecified atom stereocenters. The third-order valence-electron chi connectivity index (χ3n) is 2.04. The van der Waals surface area contributed by atoms with Gasteiger partial charge in [0.05, 0.1) is 6.10 Å². The van der Waals surface area contributed by atoms with E-state index in [0.717, 1.165) is 5.56 Å². The fourth-order valence-electron chi connectivity index (χ4n) is 1.22. The van der Waals surface area contributed by atoms with E-state index >= 15 is 0 Å². The van der Waals surface area contributed by atoms with E-state index in [1.807, 2.05) is 13.0 Å². The molecule has 0 aromatic heterocycles. The first-order valence-electron chi connectivity index (χ1n) is 4.52. The summed E-state index contributed by atoms with van der Waals surface area (Å²) in [6, 6.07) is 5.20. The minimum absolute atomic E-state index is 0.166. The lowest BCUT2D eigenvalue weighted by molar-refractivity contribution is 0.184. The smallest absolute Gasteiger partial charge is 0.126 e. The second-order valence-corrected chi connectivity index (χ2v) is 3.48. The molecular weight excluding hydrogens is 167 g/mol. The molecule has 0 aliphatic heterocycles. The molecule has 13 heavy (non-hydrogen) atoms. The van der Waals surface area contributed by atoms with Gasteiger partial charge in [0.1, 0.15) is 5.82 Å². The molecule has 72 valence electrons. The van der Waals surface area contributed by atoms with Gasteiger partial charge in [0, 0.05) is 0 Å². The lowest BCUT2D eigenvalue weighted by Gasteiger charge is -2.05. The van der Waals surface area contributed by atoms with Crippen LogP contribution in [0.4, 0.5) is 4.39 Å². The fourth-order valence-corrected chi connectivity index (χ4v) is 1.22. The molecule has 0 saturated carbocycles. The van der Waals surface area contributed by atoms with Gasteiger partial charge in [0.15, 0.2) is 0 Å². The Balaban J connectivity index is 2.67. The lowest BCUT2D eigenvalue weighted by atomic mass is 10.1. The second kappa shape index (κ2) is 4.38. The molecule has 0 spiro atoms. The molecule has 0 aliphatic carbocycles. The summed E-state index contributed by atoms with van der Waals surface area (Å²) in [5.41, 5.74) is 1.62. The van der Waals surface area contributed by atoms with Crippen molar-refractivity contribution in [2.45, 2.75) is 32.8 Å². The lowest BCUT2D eigenvalue weighted by Crippen LogP contribution is -2.02. The number of hydrogen-bond donors (Lipinski definition) is 1. The van der Waals surface area contributed by atoms with Gasteiger partial charge in [-0.05, 0) is 43.9 Å². The van der Waals surface area contributed by atoms with Crippen molar-refractivity contribution in [3.05, 3.63) is 35.1 Å². The van der Waals surface area contributed by atoms with Crippen LogP contribution >= 0.6 is 0 Å². The van der Waals surface area contributed by atoms with Crippen molar-refractivity contribution in [2.24, 2.45) is 0 Å². The molecule has 1 rings (SSSR count). The summed E-state index contributed by atoms with van der Waals surface area (Å²) in [5, 5.41) is 9.04. The number of aryl methyl sites for hydroxylation is 2. The van der Waals surface area contributed by atoms with Crippen LogP contribution in [0, 0.1) is 12.7 Å². The van der Waals surface area contributed by atoms with Gasteiger partial charge in [0.25, 0.3) is 0 Å². The van der Waals surface area contributed by atoms with E-state index in [0.29, 0.717) is 18.4 Å². The zero-order valence-corrected chi connectivity index (χ0v) is 8.05. The standard InChI is InChI=1S/C11H15FO/c1-8-3-5-10(11(12)7-8)6-4-9(2)13/h3,5,7,9,13H,4,6H2,1-2H3. The molecule has 0 amide bonds. The summed E-state index contributed by atoms with van der Waals surface area (Å²) in [7, 11) is 0. The van der Waals surface area contributed by atoms with Gasteiger partial charge < -0.3 is 5.11 Å². The molecule has 1 N–H and O–H groups in total. The van der Waals surface area contributed by atoms with Crippen LogP contribution in [0.1, 0.15) is 24.5 Å². The van der Waals surface area contributed by atoms with Crippen LogP contribution in [0.3, 0.4) is 0 Å². The van der Waals surface area contributed by atoms with Crippen molar-refractivity contribution >= 4 is 0 Å². The number of benzene rings is 1. The van der Waals surface area contributed by atoms with Crippen LogP contribution in [0.5, 0.6) is 0 Å². The van der Waals surface area contributed by atoms with Crippen LogP contribution in [-0.4, -0.2) is 11.2 Å². The minimum Gasteiger partial charge on any atom is -0.393 e. The summed E-state index contributed by atoms with van der Waals surface area (Å²) >= 11 is 0. The molecule has 0 fully saturated rings. The van der Waals surface area contributed by atoms with Crippen LogP contribution in [0.2, 0.25) is 0 Å². The molecule has 1 nitrogen and oxygen atoms in total. The monoisotopic (exact) mass is 182 g/mol. The van der Waals surface area contributed by atoms with Gasteiger partial charge in [-0.1, -0.05) is 12.1 Å². The number of rotatable bonds is 3. The summed E-state index contributed by atoms with van der Waals surface area (Å²) in [4.78, 5) is 0. The Kier molecular flexibility index (Phi) is 3.43. The number of halogens is 1. The van der Waals surface area contributed by atoms with Crippen LogP contribution in [0.15, 0.2) is 18.2 Å². The van der Waals surface area contributed by atoms with E-state index in [4.69, 9.17) is 5.11 Å². The van der Waals surface area contributed by atoms with Gasteiger partial charge in [-0.2, -0.15) is 0 Å². The normalized spacial score (nSPS) is 12.9. The maximum atomic E-state index is 13.2. The first-order chi connectivity index (χ1) is 6.09. The molecule has 1 aromatic rings. The summed E-state index contributed by atoms with van der Waals surface area (Å²) in [6.07, 6.45) is 0.852. The summed E-state index contributed by atoms with van der Waals surface area (Å²) in [6.45, 7) is 3.58. The zero-order chi connectivity index (χ0) is 9.84. The highest BCUT2D eigenvalue weighted by molar-refractivity contribution is 5.23. The maximum Gasteiger partial charge on any atom is 0.126 e. The van der Waals surface area contributed by atoms with E-state index in [2.05, 4.69) is 0 Å². The third-order valence-corrected chi connectivity index (χ3v) is 2.04. The van der Waals surface area contributed by atoms with Crippen LogP contribution < -0.4 is 0 Å². The Morgan fingerprint density at radius 1 is 1.46 bits per heavy atom. The van der Waals surface area contributed by atoms with Gasteiger partial charge in [-0.3, -0.25) is 0 Å². The predicted molar refractivity (Wildman–Crippen MR) is 51.1 cm³/mol. The van der Waals surface area contributed by atoms with Gasteiger partial charge in [0.2, 0.25) is 0 Å². The molecular formula is C11H15FO. The number of aliphatic hydroxyl groups excluding tert-OH is 1. The molecule has 0 aliphatic rings. The Labute approximate surface area is 78.2 Å². The number of aliphatic hydroxyl groups is 1. The van der Waals surface area contributed by atoms with Crippen molar-refractivity contribution in [1.29, 1.82) is 0 Å². The zero-order valence-electron chi connectivity index (χ0n) is 8.05. The highest BCUT2D eigenvalue weighted by Crippen LogP contribution is 2.12. The molecule has 0 bridgehead atoms. The third kappa shape index (κ3) is 3.15. The van der Waals surface area contributed by atoms with E-state index in [9.17, 15) is 4.39 Å². The highest BCUT2D eigenvalue weighted by Gasteiger charge is 2.03. The van der Waals surface area contributed by atoms with Gasteiger partial charge in [-0.15, -0.1) is 0 Å². The largest absolute Gasteiger partial charge is 0.393 e. The average Bonchev–Trinajstić information content (AvgIpc) is 2.02. The number of hydrogen-bond acceptors (Lipinski definition) is 1. The Bertz CT molecular complexity index is 281. The fraction of sp³-hybridized carbons (Fsp3) is 0.455. The van der Waals surface area contributed by atoms with E-state index in [1.165, 1.54) is 6.07 Å². The van der Waals surface area contributed by atoms with E-state index < -0.39 is 0 Å². The molecule has 0 saturated heterocycles. The van der Waals surface area contributed by atoms with Crippen molar-refractivity contribution in [2.75, 3.05) is 0 Å². The Morgan fingerprint density at radius 3 is 2.69 bits per heavy atom. The van der Waals surface area contributed by atoms with Gasteiger partial charge >= 0.3 is 0 Å². The van der Waals surface area contributed by atoms with Crippen molar-refractivity contribution < 1.29 is 9.50 Å². The Hall–Kier alpha value is -0.890. The topological polar surface area (TPSA) is 20.2 Å². The van der Waals surface area contributed by atoms with Crippen LogP contribution in [-0.2, 0) is 6.42 Å². The summed E-state index contributed by atoms with van der Waals surface area (Å²) in [5.74, 6) is -0.166. The first kappa shape index (κ1) is 10.2. The molecule has 0 radical (unpaired) electrons. The molecule has 1 atom stereocenters. The SMILES string of the molecule is Cc1ccc(CCC(C)O)c(F)c1. The first-order valence-corrected chi connectivity index (χ1v) is 4.52.